The van der Waals surface area contributed by atoms with E-state index < -0.39 is 0 Å². The summed E-state index contributed by atoms with van der Waals surface area (Å²) in [5, 5.41) is 19.8. The maximum absolute atomic E-state index is 13.4. The molecule has 2 bridgehead atoms. The fourth-order valence-corrected chi connectivity index (χ4v) is 5.69. The number of carbonyl (C=O) groups is 1. The number of aromatic nitrogens is 3. The quantitative estimate of drug-likeness (QED) is 0.676. The first-order chi connectivity index (χ1) is 14.6. The number of amides is 1. The molecular formula is C23H20N6O. The van der Waals surface area contributed by atoms with E-state index in [0.717, 1.165) is 42.4 Å². The van der Waals surface area contributed by atoms with Gasteiger partial charge in [0.15, 0.2) is 0 Å². The van der Waals surface area contributed by atoms with E-state index in [1.807, 2.05) is 41.2 Å². The van der Waals surface area contributed by atoms with Crippen LogP contribution < -0.4 is 0 Å². The molecule has 1 atom stereocenters. The molecule has 3 fully saturated rings. The van der Waals surface area contributed by atoms with Gasteiger partial charge in [-0.15, -0.1) is 0 Å². The molecule has 30 heavy (non-hydrogen) atoms. The Morgan fingerprint density at radius 3 is 2.93 bits per heavy atom. The largest absolute Gasteiger partial charge is 0.272 e. The second kappa shape index (κ2) is 5.99. The zero-order chi connectivity index (χ0) is 20.3. The Hall–Kier alpha value is -3.53. The second-order valence-corrected chi connectivity index (χ2v) is 8.96. The lowest BCUT2D eigenvalue weighted by atomic mass is 9.34. The van der Waals surface area contributed by atoms with Crippen LogP contribution in [0, 0.1) is 22.2 Å². The van der Waals surface area contributed by atoms with Crippen molar-refractivity contribution >= 4 is 23.2 Å². The van der Waals surface area contributed by atoms with Gasteiger partial charge in [0.1, 0.15) is 5.52 Å². The number of hydrogen-bond acceptors (Lipinski definition) is 5. The van der Waals surface area contributed by atoms with E-state index >= 15 is 0 Å². The van der Waals surface area contributed by atoms with Crippen LogP contribution in [0.1, 0.15) is 42.9 Å². The van der Waals surface area contributed by atoms with Crippen molar-refractivity contribution < 1.29 is 4.79 Å². The van der Waals surface area contributed by atoms with E-state index in [0.29, 0.717) is 12.0 Å². The average Bonchev–Trinajstić information content (AvgIpc) is 3.36. The Bertz CT molecular complexity index is 1230. The highest BCUT2D eigenvalue weighted by atomic mass is 16.2. The SMILES string of the molecule is N#Cc1cccc(C2CC=NN2C(=O)C23CC(Cn4ncc5ncccc54)(C2)C3)c1. The Morgan fingerprint density at radius 2 is 2.10 bits per heavy atom. The van der Waals surface area contributed by atoms with Gasteiger partial charge < -0.3 is 0 Å². The molecule has 3 aromatic rings. The number of pyridine rings is 1. The number of rotatable bonds is 4. The lowest BCUT2D eigenvalue weighted by Crippen LogP contribution is -2.68. The summed E-state index contributed by atoms with van der Waals surface area (Å²) in [6, 6.07) is 13.5. The summed E-state index contributed by atoms with van der Waals surface area (Å²) in [7, 11) is 0. The lowest BCUT2D eigenvalue weighted by Gasteiger charge is -2.69. The first-order valence-electron chi connectivity index (χ1n) is 10.2. The number of fused-ring (bicyclic) bond motifs is 1. The van der Waals surface area contributed by atoms with Crippen LogP contribution in [0.5, 0.6) is 0 Å². The van der Waals surface area contributed by atoms with Gasteiger partial charge >= 0.3 is 0 Å². The number of carbonyl (C=O) groups excluding carboxylic acids is 1. The van der Waals surface area contributed by atoms with Crippen LogP contribution in [0.2, 0.25) is 0 Å². The summed E-state index contributed by atoms with van der Waals surface area (Å²) in [5.41, 5.74) is 3.40. The Morgan fingerprint density at radius 1 is 1.23 bits per heavy atom. The monoisotopic (exact) mass is 396 g/mol. The molecule has 1 unspecified atom stereocenters. The Kier molecular flexibility index (Phi) is 3.46. The molecule has 1 amide bonds. The fraction of sp³-hybridized carbons (Fsp3) is 0.348. The Labute approximate surface area is 173 Å². The number of nitrogens with zero attached hydrogens (tertiary/aromatic N) is 6. The van der Waals surface area contributed by atoms with Crippen molar-refractivity contribution in [3.8, 4) is 6.07 Å². The number of hydrogen-bond donors (Lipinski definition) is 0. The van der Waals surface area contributed by atoms with Gasteiger partial charge in [-0.05, 0) is 54.5 Å². The third kappa shape index (κ3) is 2.37. The van der Waals surface area contributed by atoms with Gasteiger partial charge in [-0.3, -0.25) is 14.5 Å². The van der Waals surface area contributed by atoms with Crippen LogP contribution >= 0.6 is 0 Å². The fourth-order valence-electron chi connectivity index (χ4n) is 5.69. The van der Waals surface area contributed by atoms with Crippen LogP contribution in [-0.4, -0.2) is 31.9 Å². The number of benzene rings is 1. The molecule has 3 aliphatic carbocycles. The van der Waals surface area contributed by atoms with Crippen molar-refractivity contribution in [3.05, 3.63) is 59.9 Å². The normalized spacial score (nSPS) is 28.8. The first kappa shape index (κ1) is 17.3. The average molecular weight is 396 g/mol. The first-order valence-corrected chi connectivity index (χ1v) is 10.2. The zero-order valence-electron chi connectivity index (χ0n) is 16.4. The molecule has 0 N–H and O–H groups in total. The third-order valence-corrected chi connectivity index (χ3v) is 6.93. The van der Waals surface area contributed by atoms with Crippen molar-refractivity contribution in [1.82, 2.24) is 19.8 Å². The predicted molar refractivity (Wildman–Crippen MR) is 110 cm³/mol. The minimum absolute atomic E-state index is 0.114. The van der Waals surface area contributed by atoms with Crippen LogP contribution in [0.4, 0.5) is 0 Å². The minimum atomic E-state index is -0.284. The topological polar surface area (TPSA) is 87.2 Å². The summed E-state index contributed by atoms with van der Waals surface area (Å²) in [5.74, 6) is 0.123. The molecule has 0 saturated heterocycles. The molecule has 0 spiro atoms. The van der Waals surface area contributed by atoms with Crippen molar-refractivity contribution in [3.63, 3.8) is 0 Å². The highest BCUT2D eigenvalue weighted by molar-refractivity contribution is 5.88. The molecule has 1 aromatic carbocycles. The summed E-state index contributed by atoms with van der Waals surface area (Å²) < 4.78 is 2.03. The summed E-state index contributed by atoms with van der Waals surface area (Å²) in [6.07, 6.45) is 8.75. The third-order valence-electron chi connectivity index (χ3n) is 6.93. The number of nitriles is 1. The van der Waals surface area contributed by atoms with E-state index in [4.69, 9.17) is 0 Å². The van der Waals surface area contributed by atoms with E-state index in [1.165, 1.54) is 0 Å². The standard InChI is InChI=1S/C23H20N6O/c24-10-16-3-1-4-17(9-16)19-6-8-26-29(19)21(30)23-12-22(13-23,14-23)15-28-20-5-2-7-25-18(20)11-27-28/h1-5,7-9,11,19H,6,12-15H2. The van der Waals surface area contributed by atoms with E-state index in [9.17, 15) is 10.1 Å². The smallest absolute Gasteiger partial charge is 0.249 e. The van der Waals surface area contributed by atoms with Crippen LogP contribution in [0.25, 0.3) is 11.0 Å². The number of hydrazone groups is 1. The molecule has 3 saturated carbocycles. The van der Waals surface area contributed by atoms with Gasteiger partial charge in [-0.1, -0.05) is 12.1 Å². The van der Waals surface area contributed by atoms with E-state index in [-0.39, 0.29) is 22.8 Å². The molecule has 7 nitrogen and oxygen atoms in total. The summed E-state index contributed by atoms with van der Waals surface area (Å²) in [4.78, 5) is 17.7. The van der Waals surface area contributed by atoms with Gasteiger partial charge in [-0.25, -0.2) is 5.01 Å². The molecule has 7 rings (SSSR count). The minimum Gasteiger partial charge on any atom is -0.272 e. The van der Waals surface area contributed by atoms with Crippen LogP contribution in [-0.2, 0) is 11.3 Å². The molecular weight excluding hydrogens is 376 g/mol. The summed E-state index contributed by atoms with van der Waals surface area (Å²) >= 11 is 0. The zero-order valence-corrected chi connectivity index (χ0v) is 16.4. The van der Waals surface area contributed by atoms with Gasteiger partial charge in [-0.2, -0.15) is 15.5 Å². The van der Waals surface area contributed by atoms with Crippen LogP contribution in [0.3, 0.4) is 0 Å². The molecule has 4 aliphatic rings. The molecule has 2 aromatic heterocycles. The van der Waals surface area contributed by atoms with Crippen molar-refractivity contribution in [1.29, 1.82) is 5.26 Å². The highest BCUT2D eigenvalue weighted by Crippen LogP contribution is 2.74. The highest BCUT2D eigenvalue weighted by Gasteiger charge is 2.72. The van der Waals surface area contributed by atoms with Crippen LogP contribution in [0.15, 0.2) is 53.9 Å². The maximum Gasteiger partial charge on any atom is 0.249 e. The summed E-state index contributed by atoms with van der Waals surface area (Å²) in [6.45, 7) is 0.828. The van der Waals surface area contributed by atoms with E-state index in [2.05, 4.69) is 21.3 Å². The molecule has 1 aliphatic heterocycles. The molecule has 148 valence electrons. The maximum atomic E-state index is 13.4. The lowest BCUT2D eigenvalue weighted by molar-refractivity contribution is -0.223. The van der Waals surface area contributed by atoms with E-state index in [1.54, 1.807) is 23.5 Å². The molecule has 0 radical (unpaired) electrons. The van der Waals surface area contributed by atoms with Crippen molar-refractivity contribution in [2.75, 3.05) is 0 Å². The predicted octanol–water partition coefficient (Wildman–Crippen LogP) is 3.43. The van der Waals surface area contributed by atoms with Crippen molar-refractivity contribution in [2.24, 2.45) is 15.9 Å². The van der Waals surface area contributed by atoms with Crippen molar-refractivity contribution in [2.45, 2.75) is 38.3 Å². The van der Waals surface area contributed by atoms with Gasteiger partial charge in [0, 0.05) is 25.4 Å². The van der Waals surface area contributed by atoms with Gasteiger partial charge in [0.25, 0.3) is 0 Å². The molecule has 3 heterocycles. The Balaban J connectivity index is 1.18. The molecule has 7 heteroatoms. The van der Waals surface area contributed by atoms with Gasteiger partial charge in [0.2, 0.25) is 5.91 Å². The second-order valence-electron chi connectivity index (χ2n) is 8.96. The van der Waals surface area contributed by atoms with Gasteiger partial charge in [0.05, 0.1) is 34.8 Å².